The molecule has 0 aliphatic heterocycles. The zero-order valence-electron chi connectivity index (χ0n) is 10.2. The lowest BCUT2D eigenvalue weighted by Gasteiger charge is -2.27. The highest BCUT2D eigenvalue weighted by Crippen LogP contribution is 2.14. The first kappa shape index (κ1) is 13.0. The third kappa shape index (κ3) is 5.30. The second-order valence-electron chi connectivity index (χ2n) is 4.75. The van der Waals surface area contributed by atoms with Crippen LogP contribution in [0.5, 0.6) is 0 Å². The second kappa shape index (κ2) is 6.42. The monoisotopic (exact) mass is 185 g/mol. The number of nitrogens with one attached hydrogen (secondary N) is 1. The molecule has 1 heteroatoms. The molecule has 0 amide bonds. The van der Waals surface area contributed by atoms with E-state index >= 15 is 0 Å². The molecule has 0 aromatic rings. The van der Waals surface area contributed by atoms with Gasteiger partial charge in [0.25, 0.3) is 0 Å². The minimum Gasteiger partial charge on any atom is -0.312 e. The smallest absolute Gasteiger partial charge is 0.00692 e. The summed E-state index contributed by atoms with van der Waals surface area (Å²) in [6.07, 6.45) is 2.56. The first-order valence-electron chi connectivity index (χ1n) is 5.75. The lowest BCUT2D eigenvalue weighted by Crippen LogP contribution is -2.40. The third-order valence-electron chi connectivity index (χ3n) is 3.11. The van der Waals surface area contributed by atoms with Crippen LogP contribution in [0.25, 0.3) is 0 Å². The van der Waals surface area contributed by atoms with E-state index in [1.807, 2.05) is 0 Å². The van der Waals surface area contributed by atoms with Crippen molar-refractivity contribution >= 4 is 0 Å². The molecular weight excluding hydrogens is 158 g/mol. The summed E-state index contributed by atoms with van der Waals surface area (Å²) in [7, 11) is 0. The van der Waals surface area contributed by atoms with Crippen molar-refractivity contribution in [1.29, 1.82) is 0 Å². The normalized spacial score (nSPS) is 18.7. The molecule has 3 atom stereocenters. The molecule has 0 aromatic heterocycles. The third-order valence-corrected chi connectivity index (χ3v) is 3.11. The fourth-order valence-corrected chi connectivity index (χ4v) is 1.69. The number of hydrogen-bond acceptors (Lipinski definition) is 1. The van der Waals surface area contributed by atoms with E-state index in [9.17, 15) is 0 Å². The van der Waals surface area contributed by atoms with Crippen LogP contribution in [0.1, 0.15) is 54.4 Å². The van der Waals surface area contributed by atoms with E-state index in [0.29, 0.717) is 12.1 Å². The fourth-order valence-electron chi connectivity index (χ4n) is 1.69. The molecular formula is C12H27N. The van der Waals surface area contributed by atoms with Gasteiger partial charge in [0.2, 0.25) is 0 Å². The van der Waals surface area contributed by atoms with Crippen molar-refractivity contribution in [2.24, 2.45) is 11.8 Å². The van der Waals surface area contributed by atoms with Gasteiger partial charge in [-0.25, -0.2) is 0 Å². The van der Waals surface area contributed by atoms with Crippen molar-refractivity contribution in [2.45, 2.75) is 66.5 Å². The topological polar surface area (TPSA) is 12.0 Å². The highest BCUT2D eigenvalue weighted by Gasteiger charge is 2.16. The maximum Gasteiger partial charge on any atom is 0.00692 e. The summed E-state index contributed by atoms with van der Waals surface area (Å²) in [6.45, 7) is 13.8. The van der Waals surface area contributed by atoms with Crippen LogP contribution >= 0.6 is 0 Å². The molecule has 1 N–H and O–H groups in total. The standard InChI is InChI=1S/C12H27N/c1-7-8-10(4)13-12(6)11(5)9(2)3/h9-13H,7-8H2,1-6H3. The summed E-state index contributed by atoms with van der Waals surface area (Å²) >= 11 is 0. The minimum atomic E-state index is 0.640. The molecule has 0 aliphatic carbocycles. The second-order valence-corrected chi connectivity index (χ2v) is 4.75. The molecule has 0 aromatic carbocycles. The molecule has 0 fully saturated rings. The SMILES string of the molecule is CCCC(C)NC(C)C(C)C(C)C. The predicted octanol–water partition coefficient (Wildman–Crippen LogP) is 3.45. The molecule has 0 bridgehead atoms. The zero-order valence-corrected chi connectivity index (χ0v) is 10.2. The quantitative estimate of drug-likeness (QED) is 0.668. The average Bonchev–Trinajstić information content (AvgIpc) is 2.03. The molecule has 0 radical (unpaired) electrons. The van der Waals surface area contributed by atoms with Gasteiger partial charge in [0, 0.05) is 12.1 Å². The van der Waals surface area contributed by atoms with E-state index in [-0.39, 0.29) is 0 Å². The van der Waals surface area contributed by atoms with Gasteiger partial charge in [-0.15, -0.1) is 0 Å². The van der Waals surface area contributed by atoms with Crippen LogP contribution in [-0.4, -0.2) is 12.1 Å². The van der Waals surface area contributed by atoms with Gasteiger partial charge < -0.3 is 5.32 Å². The van der Waals surface area contributed by atoms with Gasteiger partial charge in [0.15, 0.2) is 0 Å². The first-order valence-corrected chi connectivity index (χ1v) is 5.75. The van der Waals surface area contributed by atoms with Crippen LogP contribution in [-0.2, 0) is 0 Å². The van der Waals surface area contributed by atoms with E-state index in [0.717, 1.165) is 11.8 Å². The lowest BCUT2D eigenvalue weighted by atomic mass is 9.91. The summed E-state index contributed by atoms with van der Waals surface area (Å²) in [6, 6.07) is 1.31. The van der Waals surface area contributed by atoms with E-state index in [1.165, 1.54) is 12.8 Å². The van der Waals surface area contributed by atoms with Crippen molar-refractivity contribution < 1.29 is 0 Å². The Kier molecular flexibility index (Phi) is 6.40. The molecule has 0 saturated carbocycles. The van der Waals surface area contributed by atoms with Gasteiger partial charge >= 0.3 is 0 Å². The lowest BCUT2D eigenvalue weighted by molar-refractivity contribution is 0.290. The van der Waals surface area contributed by atoms with Crippen molar-refractivity contribution in [2.75, 3.05) is 0 Å². The van der Waals surface area contributed by atoms with E-state index in [4.69, 9.17) is 0 Å². The summed E-state index contributed by atoms with van der Waals surface area (Å²) < 4.78 is 0. The maximum absolute atomic E-state index is 3.66. The fraction of sp³-hybridized carbons (Fsp3) is 1.00. The molecule has 13 heavy (non-hydrogen) atoms. The van der Waals surface area contributed by atoms with Gasteiger partial charge in [-0.1, -0.05) is 34.1 Å². The summed E-state index contributed by atoms with van der Waals surface area (Å²) in [5.74, 6) is 1.54. The first-order chi connectivity index (χ1) is 5.99. The van der Waals surface area contributed by atoms with E-state index in [2.05, 4.69) is 46.9 Å². The van der Waals surface area contributed by atoms with Crippen molar-refractivity contribution in [3.8, 4) is 0 Å². The Balaban J connectivity index is 3.77. The van der Waals surface area contributed by atoms with Crippen LogP contribution in [0.4, 0.5) is 0 Å². The van der Waals surface area contributed by atoms with Crippen molar-refractivity contribution in [1.82, 2.24) is 5.32 Å². The molecule has 80 valence electrons. The van der Waals surface area contributed by atoms with Crippen LogP contribution in [0, 0.1) is 11.8 Å². The molecule has 0 aliphatic rings. The van der Waals surface area contributed by atoms with Gasteiger partial charge in [0.1, 0.15) is 0 Å². The maximum atomic E-state index is 3.66. The van der Waals surface area contributed by atoms with Crippen molar-refractivity contribution in [3.05, 3.63) is 0 Å². The van der Waals surface area contributed by atoms with Gasteiger partial charge in [0.05, 0.1) is 0 Å². The molecule has 1 nitrogen and oxygen atoms in total. The van der Waals surface area contributed by atoms with E-state index < -0.39 is 0 Å². The highest BCUT2D eigenvalue weighted by molar-refractivity contribution is 4.74. The predicted molar refractivity (Wildman–Crippen MR) is 61.0 cm³/mol. The Bertz CT molecular complexity index is 120. The highest BCUT2D eigenvalue weighted by atomic mass is 14.9. The minimum absolute atomic E-state index is 0.640. The van der Waals surface area contributed by atoms with Crippen LogP contribution < -0.4 is 5.32 Å². The molecule has 0 saturated heterocycles. The van der Waals surface area contributed by atoms with Crippen LogP contribution in [0.15, 0.2) is 0 Å². The number of hydrogen-bond donors (Lipinski definition) is 1. The average molecular weight is 185 g/mol. The molecule has 0 rings (SSSR count). The Morgan fingerprint density at radius 3 is 1.92 bits per heavy atom. The largest absolute Gasteiger partial charge is 0.312 e. The van der Waals surface area contributed by atoms with Crippen LogP contribution in [0.2, 0.25) is 0 Å². The summed E-state index contributed by atoms with van der Waals surface area (Å²) in [4.78, 5) is 0. The molecule has 3 unspecified atom stereocenters. The zero-order chi connectivity index (χ0) is 10.4. The van der Waals surface area contributed by atoms with E-state index in [1.54, 1.807) is 0 Å². The Morgan fingerprint density at radius 1 is 1.00 bits per heavy atom. The number of rotatable bonds is 6. The Labute approximate surface area is 84.3 Å². The van der Waals surface area contributed by atoms with Gasteiger partial charge in [-0.2, -0.15) is 0 Å². The van der Waals surface area contributed by atoms with Crippen molar-refractivity contribution in [3.63, 3.8) is 0 Å². The summed E-state index contributed by atoms with van der Waals surface area (Å²) in [5, 5.41) is 3.66. The Hall–Kier alpha value is -0.0400. The van der Waals surface area contributed by atoms with Crippen LogP contribution in [0.3, 0.4) is 0 Å². The molecule has 0 heterocycles. The van der Waals surface area contributed by atoms with Gasteiger partial charge in [-0.3, -0.25) is 0 Å². The summed E-state index contributed by atoms with van der Waals surface area (Å²) in [5.41, 5.74) is 0. The van der Waals surface area contributed by atoms with Gasteiger partial charge in [-0.05, 0) is 32.1 Å². The Morgan fingerprint density at radius 2 is 1.54 bits per heavy atom. The molecule has 0 spiro atoms.